The third-order valence-electron chi connectivity index (χ3n) is 3.36. The summed E-state index contributed by atoms with van der Waals surface area (Å²) < 4.78 is 6.65. The van der Waals surface area contributed by atoms with E-state index in [-0.39, 0.29) is 0 Å². The van der Waals surface area contributed by atoms with E-state index in [4.69, 9.17) is 4.42 Å². The first-order valence-corrected chi connectivity index (χ1v) is 6.52. The smallest absolute Gasteiger partial charge is 0.135 e. The average molecular weight is 272 g/mol. The Bertz CT molecular complexity index is 304. The van der Waals surface area contributed by atoms with Gasteiger partial charge in [0, 0.05) is 0 Å². The number of hydrogen-bond donors (Lipinski definition) is 1. The molecule has 15 heavy (non-hydrogen) atoms. The van der Waals surface area contributed by atoms with Crippen molar-refractivity contribution in [3.05, 3.63) is 22.6 Å². The van der Waals surface area contributed by atoms with Gasteiger partial charge in [-0.1, -0.05) is 19.3 Å². The van der Waals surface area contributed by atoms with Crippen molar-refractivity contribution in [3.63, 3.8) is 0 Å². The van der Waals surface area contributed by atoms with Gasteiger partial charge in [-0.25, -0.2) is 0 Å². The Hall–Kier alpha value is -0.280. The average Bonchev–Trinajstić information content (AvgIpc) is 2.68. The Kier molecular flexibility index (Phi) is 3.87. The molecule has 0 aromatic carbocycles. The topological polar surface area (TPSA) is 25.2 Å². The van der Waals surface area contributed by atoms with Gasteiger partial charge in [-0.3, -0.25) is 0 Å². The summed E-state index contributed by atoms with van der Waals surface area (Å²) in [6.07, 6.45) is 8.51. The van der Waals surface area contributed by atoms with Crippen LogP contribution in [0, 0.1) is 5.92 Å². The van der Waals surface area contributed by atoms with Crippen LogP contribution >= 0.6 is 15.9 Å². The SMILES string of the molecule is CNC(c1occc1Br)C1CCCCC1. The minimum Gasteiger partial charge on any atom is -0.466 e. The highest BCUT2D eigenvalue weighted by Gasteiger charge is 2.27. The molecule has 1 aromatic heterocycles. The van der Waals surface area contributed by atoms with E-state index in [1.165, 1.54) is 32.1 Å². The molecule has 0 spiro atoms. The van der Waals surface area contributed by atoms with Gasteiger partial charge in [-0.15, -0.1) is 0 Å². The van der Waals surface area contributed by atoms with E-state index < -0.39 is 0 Å². The summed E-state index contributed by atoms with van der Waals surface area (Å²) in [7, 11) is 2.02. The Labute approximate surface area is 99.6 Å². The minimum atomic E-state index is 0.370. The minimum absolute atomic E-state index is 0.370. The molecule has 84 valence electrons. The lowest BCUT2D eigenvalue weighted by Crippen LogP contribution is -2.26. The van der Waals surface area contributed by atoms with E-state index in [9.17, 15) is 0 Å². The van der Waals surface area contributed by atoms with E-state index in [0.717, 1.165) is 16.2 Å². The molecule has 2 nitrogen and oxygen atoms in total. The molecule has 2 rings (SSSR count). The number of halogens is 1. The lowest BCUT2D eigenvalue weighted by Gasteiger charge is -2.28. The molecule has 0 saturated heterocycles. The third kappa shape index (κ3) is 2.45. The van der Waals surface area contributed by atoms with Crippen molar-refractivity contribution in [3.8, 4) is 0 Å². The fraction of sp³-hybridized carbons (Fsp3) is 0.667. The molecule has 0 bridgehead atoms. The molecule has 1 aromatic rings. The first kappa shape index (κ1) is 11.2. The molecule has 1 aliphatic carbocycles. The van der Waals surface area contributed by atoms with Crippen molar-refractivity contribution in [1.82, 2.24) is 5.32 Å². The zero-order valence-corrected chi connectivity index (χ0v) is 10.7. The van der Waals surface area contributed by atoms with Crippen molar-refractivity contribution in [2.75, 3.05) is 7.05 Å². The summed E-state index contributed by atoms with van der Waals surface area (Å²) in [4.78, 5) is 0. The van der Waals surface area contributed by atoms with Gasteiger partial charge in [0.05, 0.1) is 16.8 Å². The fourth-order valence-electron chi connectivity index (χ4n) is 2.58. The van der Waals surface area contributed by atoms with Gasteiger partial charge in [0.25, 0.3) is 0 Å². The van der Waals surface area contributed by atoms with Crippen molar-refractivity contribution in [1.29, 1.82) is 0 Å². The predicted molar refractivity (Wildman–Crippen MR) is 64.8 cm³/mol. The Balaban J connectivity index is 2.12. The predicted octanol–water partition coefficient (Wildman–Crippen LogP) is 3.88. The summed E-state index contributed by atoms with van der Waals surface area (Å²) in [5.74, 6) is 1.79. The molecule has 1 atom stereocenters. The first-order valence-electron chi connectivity index (χ1n) is 5.73. The number of rotatable bonds is 3. The Morgan fingerprint density at radius 2 is 2.13 bits per heavy atom. The monoisotopic (exact) mass is 271 g/mol. The second kappa shape index (κ2) is 5.17. The number of furan rings is 1. The number of hydrogen-bond acceptors (Lipinski definition) is 2. The summed E-state index contributed by atoms with van der Waals surface area (Å²) in [6, 6.07) is 2.34. The fourth-order valence-corrected chi connectivity index (χ4v) is 3.02. The number of nitrogens with one attached hydrogen (secondary N) is 1. The third-order valence-corrected chi connectivity index (χ3v) is 4.01. The second-order valence-electron chi connectivity index (χ2n) is 4.30. The van der Waals surface area contributed by atoms with Crippen LogP contribution in [-0.4, -0.2) is 7.05 Å². The van der Waals surface area contributed by atoms with Gasteiger partial charge in [-0.2, -0.15) is 0 Å². The van der Waals surface area contributed by atoms with Crippen molar-refractivity contribution in [2.45, 2.75) is 38.1 Å². The van der Waals surface area contributed by atoms with Crippen LogP contribution in [0.5, 0.6) is 0 Å². The van der Waals surface area contributed by atoms with E-state index >= 15 is 0 Å². The summed E-state index contributed by atoms with van der Waals surface area (Å²) in [5.41, 5.74) is 0. The zero-order valence-electron chi connectivity index (χ0n) is 9.13. The molecule has 3 heteroatoms. The highest BCUT2D eigenvalue weighted by atomic mass is 79.9. The Morgan fingerprint density at radius 3 is 2.67 bits per heavy atom. The quantitative estimate of drug-likeness (QED) is 0.903. The van der Waals surface area contributed by atoms with E-state index in [2.05, 4.69) is 21.2 Å². The normalized spacial score (nSPS) is 20.4. The summed E-state index contributed by atoms with van der Waals surface area (Å²) >= 11 is 3.54. The molecular weight excluding hydrogens is 254 g/mol. The van der Waals surface area contributed by atoms with Gasteiger partial charge in [0.1, 0.15) is 5.76 Å². The lowest BCUT2D eigenvalue weighted by molar-refractivity contribution is 0.252. The van der Waals surface area contributed by atoms with Crippen molar-refractivity contribution >= 4 is 15.9 Å². The van der Waals surface area contributed by atoms with Gasteiger partial charge >= 0.3 is 0 Å². The van der Waals surface area contributed by atoms with Crippen LogP contribution in [0.2, 0.25) is 0 Å². The molecule has 1 unspecified atom stereocenters. The highest BCUT2D eigenvalue weighted by Crippen LogP contribution is 2.37. The van der Waals surface area contributed by atoms with Crippen LogP contribution in [0.25, 0.3) is 0 Å². The van der Waals surface area contributed by atoms with Gasteiger partial charge in [0.2, 0.25) is 0 Å². The highest BCUT2D eigenvalue weighted by molar-refractivity contribution is 9.10. The van der Waals surface area contributed by atoms with Crippen LogP contribution in [0.3, 0.4) is 0 Å². The molecule has 1 aliphatic rings. The molecule has 0 amide bonds. The van der Waals surface area contributed by atoms with Crippen LogP contribution in [-0.2, 0) is 0 Å². The standard InChI is InChI=1S/C12H18BrNO/c1-14-11(9-5-3-2-4-6-9)12-10(13)7-8-15-12/h7-9,11,14H,2-6H2,1H3. The van der Waals surface area contributed by atoms with Gasteiger partial charge in [0.15, 0.2) is 0 Å². The maximum atomic E-state index is 5.56. The molecule has 1 fully saturated rings. The maximum absolute atomic E-state index is 5.56. The molecular formula is C12H18BrNO. The molecule has 1 heterocycles. The summed E-state index contributed by atoms with van der Waals surface area (Å²) in [5, 5.41) is 3.39. The van der Waals surface area contributed by atoms with Gasteiger partial charge in [-0.05, 0) is 47.8 Å². The lowest BCUT2D eigenvalue weighted by atomic mass is 9.83. The van der Waals surface area contributed by atoms with Crippen molar-refractivity contribution < 1.29 is 4.42 Å². The molecule has 1 N–H and O–H groups in total. The Morgan fingerprint density at radius 1 is 1.40 bits per heavy atom. The molecule has 0 radical (unpaired) electrons. The molecule has 0 aliphatic heterocycles. The largest absolute Gasteiger partial charge is 0.466 e. The first-order chi connectivity index (χ1) is 7.33. The zero-order chi connectivity index (χ0) is 10.7. The maximum Gasteiger partial charge on any atom is 0.135 e. The van der Waals surface area contributed by atoms with E-state index in [1.54, 1.807) is 6.26 Å². The molecule has 1 saturated carbocycles. The van der Waals surface area contributed by atoms with Crippen LogP contribution in [0.4, 0.5) is 0 Å². The second-order valence-corrected chi connectivity index (χ2v) is 5.15. The van der Waals surface area contributed by atoms with Gasteiger partial charge < -0.3 is 9.73 Å². The van der Waals surface area contributed by atoms with E-state index in [1.807, 2.05) is 13.1 Å². The summed E-state index contributed by atoms with van der Waals surface area (Å²) in [6.45, 7) is 0. The van der Waals surface area contributed by atoms with Crippen LogP contribution in [0.15, 0.2) is 21.2 Å². The van der Waals surface area contributed by atoms with Crippen LogP contribution in [0.1, 0.15) is 43.9 Å². The van der Waals surface area contributed by atoms with Crippen LogP contribution < -0.4 is 5.32 Å². The van der Waals surface area contributed by atoms with Crippen molar-refractivity contribution in [2.24, 2.45) is 5.92 Å². The van der Waals surface area contributed by atoms with E-state index in [0.29, 0.717) is 6.04 Å².